The van der Waals surface area contributed by atoms with E-state index in [1.165, 1.54) is 0 Å². The number of ether oxygens (including phenoxy) is 2. The van der Waals surface area contributed by atoms with Crippen molar-refractivity contribution >= 4 is 17.5 Å². The zero-order chi connectivity index (χ0) is 17.1. The number of rotatable bonds is 5. The van der Waals surface area contributed by atoms with Gasteiger partial charge in [0.2, 0.25) is 12.7 Å². The largest absolute Gasteiger partial charge is 0.454 e. The highest BCUT2D eigenvalue weighted by Gasteiger charge is 2.17. The van der Waals surface area contributed by atoms with Crippen LogP contribution in [0.1, 0.15) is 30.0 Å². The molecule has 0 fully saturated rings. The van der Waals surface area contributed by atoms with Crippen LogP contribution >= 0.6 is 0 Å². The van der Waals surface area contributed by atoms with E-state index in [1.54, 1.807) is 24.3 Å². The SMILES string of the molecule is CCN(CC)c1nc(C)cc(C(=O)Nc2ccc3c(c2)OCO3)n1. The van der Waals surface area contributed by atoms with E-state index < -0.39 is 0 Å². The summed E-state index contributed by atoms with van der Waals surface area (Å²) in [6.07, 6.45) is 0. The van der Waals surface area contributed by atoms with Crippen molar-refractivity contribution in [2.24, 2.45) is 0 Å². The van der Waals surface area contributed by atoms with Crippen LogP contribution in [0.15, 0.2) is 24.3 Å². The van der Waals surface area contributed by atoms with Crippen molar-refractivity contribution in [3.8, 4) is 11.5 Å². The zero-order valence-corrected chi connectivity index (χ0v) is 14.0. The van der Waals surface area contributed by atoms with E-state index >= 15 is 0 Å². The summed E-state index contributed by atoms with van der Waals surface area (Å²) in [4.78, 5) is 23.3. The van der Waals surface area contributed by atoms with E-state index in [0.29, 0.717) is 28.8 Å². The maximum Gasteiger partial charge on any atom is 0.274 e. The van der Waals surface area contributed by atoms with Gasteiger partial charge in [0.1, 0.15) is 5.69 Å². The van der Waals surface area contributed by atoms with Gasteiger partial charge in [-0.25, -0.2) is 9.97 Å². The molecule has 0 saturated heterocycles. The molecule has 2 heterocycles. The van der Waals surface area contributed by atoms with Crippen molar-refractivity contribution in [1.29, 1.82) is 0 Å². The van der Waals surface area contributed by atoms with Gasteiger partial charge in [-0.2, -0.15) is 0 Å². The van der Waals surface area contributed by atoms with Crippen molar-refractivity contribution in [3.05, 3.63) is 35.7 Å². The minimum atomic E-state index is -0.284. The van der Waals surface area contributed by atoms with Gasteiger partial charge >= 0.3 is 0 Å². The van der Waals surface area contributed by atoms with Crippen LogP contribution in [0.5, 0.6) is 11.5 Å². The summed E-state index contributed by atoms with van der Waals surface area (Å²) in [7, 11) is 0. The third-order valence-corrected chi connectivity index (χ3v) is 3.75. The predicted molar refractivity (Wildman–Crippen MR) is 90.8 cm³/mol. The first-order valence-electron chi connectivity index (χ1n) is 7.92. The summed E-state index contributed by atoms with van der Waals surface area (Å²) in [5.74, 6) is 1.58. The molecule has 1 aromatic heterocycles. The number of carbonyl (C=O) groups excluding carboxylic acids is 1. The summed E-state index contributed by atoms with van der Waals surface area (Å²) in [6.45, 7) is 7.67. The zero-order valence-electron chi connectivity index (χ0n) is 14.0. The molecule has 2 aromatic rings. The van der Waals surface area contributed by atoms with Crippen LogP contribution in [0.2, 0.25) is 0 Å². The van der Waals surface area contributed by atoms with Crippen molar-refractivity contribution in [2.75, 3.05) is 30.1 Å². The molecule has 1 amide bonds. The Morgan fingerprint density at radius 1 is 1.17 bits per heavy atom. The van der Waals surface area contributed by atoms with Gasteiger partial charge in [-0.05, 0) is 39.0 Å². The molecule has 1 aromatic carbocycles. The Morgan fingerprint density at radius 2 is 1.92 bits per heavy atom. The van der Waals surface area contributed by atoms with Gasteiger partial charge in [-0.3, -0.25) is 4.79 Å². The first kappa shape index (κ1) is 16.0. The van der Waals surface area contributed by atoms with Gasteiger partial charge < -0.3 is 19.7 Å². The molecule has 7 nitrogen and oxygen atoms in total. The molecule has 1 aliphatic rings. The predicted octanol–water partition coefficient (Wildman–Crippen LogP) is 2.61. The highest BCUT2D eigenvalue weighted by atomic mass is 16.7. The summed E-state index contributed by atoms with van der Waals surface area (Å²) in [5, 5.41) is 2.83. The first-order chi connectivity index (χ1) is 11.6. The number of aromatic nitrogens is 2. The van der Waals surface area contributed by atoms with Crippen molar-refractivity contribution in [3.63, 3.8) is 0 Å². The van der Waals surface area contributed by atoms with Crippen molar-refractivity contribution in [1.82, 2.24) is 9.97 Å². The fourth-order valence-electron chi connectivity index (χ4n) is 2.49. The Labute approximate surface area is 140 Å². The third kappa shape index (κ3) is 3.24. The number of hydrogen-bond acceptors (Lipinski definition) is 6. The molecule has 0 saturated carbocycles. The van der Waals surface area contributed by atoms with Crippen LogP contribution in [-0.2, 0) is 0 Å². The summed E-state index contributed by atoms with van der Waals surface area (Å²) in [6, 6.07) is 6.95. The number of carbonyl (C=O) groups is 1. The lowest BCUT2D eigenvalue weighted by molar-refractivity contribution is 0.102. The van der Waals surface area contributed by atoms with Crippen LogP contribution in [-0.4, -0.2) is 35.8 Å². The smallest absolute Gasteiger partial charge is 0.274 e. The average molecular weight is 328 g/mol. The molecular formula is C17H20N4O3. The Kier molecular flexibility index (Phi) is 4.50. The van der Waals surface area contributed by atoms with Gasteiger partial charge in [0, 0.05) is 30.5 Å². The van der Waals surface area contributed by atoms with Gasteiger partial charge in [-0.1, -0.05) is 0 Å². The maximum atomic E-state index is 12.5. The van der Waals surface area contributed by atoms with Crippen LogP contribution < -0.4 is 19.7 Å². The molecule has 3 rings (SSSR count). The molecule has 0 unspecified atom stereocenters. The molecular weight excluding hydrogens is 308 g/mol. The van der Waals surface area contributed by atoms with Crippen LogP contribution in [0, 0.1) is 6.92 Å². The molecule has 0 atom stereocenters. The minimum Gasteiger partial charge on any atom is -0.454 e. The summed E-state index contributed by atoms with van der Waals surface area (Å²) >= 11 is 0. The standard InChI is InChI=1S/C17H20N4O3/c1-4-21(5-2)17-18-11(3)8-13(20-17)16(22)19-12-6-7-14-15(9-12)24-10-23-14/h6-9H,4-5,10H2,1-3H3,(H,19,22). The number of nitrogens with one attached hydrogen (secondary N) is 1. The number of amides is 1. The summed E-state index contributed by atoms with van der Waals surface area (Å²) < 4.78 is 10.6. The van der Waals surface area contributed by atoms with Gasteiger partial charge in [0.05, 0.1) is 0 Å². The van der Waals surface area contributed by atoms with E-state index in [2.05, 4.69) is 15.3 Å². The summed E-state index contributed by atoms with van der Waals surface area (Å²) in [5.41, 5.74) is 1.72. The third-order valence-electron chi connectivity index (χ3n) is 3.75. The second-order valence-electron chi connectivity index (χ2n) is 5.39. The molecule has 1 N–H and O–H groups in total. The topological polar surface area (TPSA) is 76.6 Å². The number of hydrogen-bond donors (Lipinski definition) is 1. The highest BCUT2D eigenvalue weighted by Crippen LogP contribution is 2.34. The fraction of sp³-hybridized carbons (Fsp3) is 0.353. The van der Waals surface area contributed by atoms with E-state index in [1.807, 2.05) is 25.7 Å². The molecule has 1 aliphatic heterocycles. The van der Waals surface area contributed by atoms with Crippen LogP contribution in [0.4, 0.5) is 11.6 Å². The fourth-order valence-corrected chi connectivity index (χ4v) is 2.49. The van der Waals surface area contributed by atoms with Gasteiger partial charge in [0.15, 0.2) is 11.5 Å². The van der Waals surface area contributed by atoms with Crippen LogP contribution in [0.25, 0.3) is 0 Å². The number of aryl methyl sites for hydroxylation is 1. The lowest BCUT2D eigenvalue weighted by atomic mass is 10.2. The molecule has 24 heavy (non-hydrogen) atoms. The highest BCUT2D eigenvalue weighted by molar-refractivity contribution is 6.03. The molecule has 0 aliphatic carbocycles. The van der Waals surface area contributed by atoms with E-state index in [9.17, 15) is 4.79 Å². The van der Waals surface area contributed by atoms with Crippen molar-refractivity contribution < 1.29 is 14.3 Å². The average Bonchev–Trinajstić information content (AvgIpc) is 3.03. The Morgan fingerprint density at radius 3 is 2.67 bits per heavy atom. The number of fused-ring (bicyclic) bond motifs is 1. The lowest BCUT2D eigenvalue weighted by Crippen LogP contribution is -2.26. The van der Waals surface area contributed by atoms with Crippen molar-refractivity contribution in [2.45, 2.75) is 20.8 Å². The Hall–Kier alpha value is -2.83. The monoisotopic (exact) mass is 328 g/mol. The van der Waals surface area contributed by atoms with E-state index in [-0.39, 0.29) is 12.7 Å². The van der Waals surface area contributed by atoms with E-state index in [4.69, 9.17) is 9.47 Å². The Bertz CT molecular complexity index is 759. The Balaban J connectivity index is 1.82. The molecule has 126 valence electrons. The molecule has 7 heteroatoms. The first-order valence-corrected chi connectivity index (χ1v) is 7.92. The van der Waals surface area contributed by atoms with Gasteiger partial charge in [0.25, 0.3) is 5.91 Å². The second-order valence-corrected chi connectivity index (χ2v) is 5.39. The molecule has 0 radical (unpaired) electrons. The molecule has 0 bridgehead atoms. The van der Waals surface area contributed by atoms with Crippen LogP contribution in [0.3, 0.4) is 0 Å². The normalized spacial score (nSPS) is 12.1. The molecule has 0 spiro atoms. The quantitative estimate of drug-likeness (QED) is 0.909. The minimum absolute atomic E-state index is 0.199. The second kappa shape index (κ2) is 6.74. The van der Waals surface area contributed by atoms with E-state index in [0.717, 1.165) is 18.8 Å². The lowest BCUT2D eigenvalue weighted by Gasteiger charge is -2.19. The van der Waals surface area contributed by atoms with Gasteiger partial charge in [-0.15, -0.1) is 0 Å². The number of benzene rings is 1. The number of anilines is 2. The maximum absolute atomic E-state index is 12.5. The number of nitrogens with zero attached hydrogens (tertiary/aromatic N) is 3.